The van der Waals surface area contributed by atoms with E-state index in [1.807, 2.05) is 18.2 Å². The summed E-state index contributed by atoms with van der Waals surface area (Å²) in [5.74, 6) is 1.79. The summed E-state index contributed by atoms with van der Waals surface area (Å²) in [6.45, 7) is 5.01. The van der Waals surface area contributed by atoms with E-state index in [1.54, 1.807) is 23.9 Å². The van der Waals surface area contributed by atoms with Crippen LogP contribution in [0, 0.1) is 0 Å². The fourth-order valence-corrected chi connectivity index (χ4v) is 3.33. The van der Waals surface area contributed by atoms with Crippen molar-refractivity contribution in [2.45, 2.75) is 32.9 Å². The molecule has 3 aromatic rings. The van der Waals surface area contributed by atoms with Crippen LogP contribution in [0.25, 0.3) is 0 Å². The molecule has 0 aromatic carbocycles. The van der Waals surface area contributed by atoms with Crippen LogP contribution in [0.2, 0.25) is 0 Å². The van der Waals surface area contributed by atoms with Gasteiger partial charge in [-0.3, -0.25) is 4.98 Å². The molecule has 142 valence electrons. The van der Waals surface area contributed by atoms with Gasteiger partial charge in [0.1, 0.15) is 12.2 Å². The zero-order valence-electron chi connectivity index (χ0n) is 15.5. The van der Waals surface area contributed by atoms with Crippen LogP contribution < -0.4 is 10.6 Å². The summed E-state index contributed by atoms with van der Waals surface area (Å²) in [6, 6.07) is 10.1. The first-order valence-electron chi connectivity index (χ1n) is 9.16. The second-order valence-corrected chi connectivity index (χ2v) is 7.00. The van der Waals surface area contributed by atoms with E-state index in [0.29, 0.717) is 6.54 Å². The first kappa shape index (κ1) is 19.0. The maximum Gasteiger partial charge on any atom is 0.191 e. The average Bonchev–Trinajstić information content (AvgIpc) is 3.38. The molecule has 0 saturated heterocycles. The Morgan fingerprint density at radius 2 is 2.11 bits per heavy atom. The molecule has 27 heavy (non-hydrogen) atoms. The summed E-state index contributed by atoms with van der Waals surface area (Å²) in [6.07, 6.45) is 5.42. The van der Waals surface area contributed by atoms with Crippen molar-refractivity contribution in [2.75, 3.05) is 13.1 Å². The van der Waals surface area contributed by atoms with E-state index in [0.717, 1.165) is 50.0 Å². The zero-order valence-corrected chi connectivity index (χ0v) is 16.3. The van der Waals surface area contributed by atoms with E-state index in [9.17, 15) is 0 Å². The van der Waals surface area contributed by atoms with E-state index >= 15 is 0 Å². The molecule has 3 rings (SSSR count). The average molecular weight is 384 g/mol. The normalized spacial score (nSPS) is 11.5. The number of pyridine rings is 1. The van der Waals surface area contributed by atoms with E-state index in [4.69, 9.17) is 0 Å². The number of nitrogens with one attached hydrogen (secondary N) is 2. The van der Waals surface area contributed by atoms with Crippen molar-refractivity contribution in [3.63, 3.8) is 0 Å². The van der Waals surface area contributed by atoms with Gasteiger partial charge in [0, 0.05) is 37.1 Å². The van der Waals surface area contributed by atoms with E-state index in [2.05, 4.69) is 59.8 Å². The quantitative estimate of drug-likeness (QED) is 0.438. The van der Waals surface area contributed by atoms with Crippen molar-refractivity contribution in [3.05, 3.63) is 64.6 Å². The highest BCUT2D eigenvalue weighted by atomic mass is 32.1. The topological polar surface area (TPSA) is 80.0 Å². The number of thiophene rings is 1. The summed E-state index contributed by atoms with van der Waals surface area (Å²) >= 11 is 1.78. The number of aryl methyl sites for hydroxylation is 1. The summed E-state index contributed by atoms with van der Waals surface area (Å²) in [5, 5.41) is 17.0. The molecule has 0 fully saturated rings. The Kier molecular flexibility index (Phi) is 7.34. The first-order valence-corrected chi connectivity index (χ1v) is 10.0. The first-order chi connectivity index (χ1) is 13.3. The van der Waals surface area contributed by atoms with Crippen LogP contribution in [-0.4, -0.2) is 38.8 Å². The van der Waals surface area contributed by atoms with Crippen LogP contribution in [0.15, 0.2) is 53.2 Å². The second kappa shape index (κ2) is 10.4. The molecule has 0 unspecified atom stereocenters. The van der Waals surface area contributed by atoms with Crippen molar-refractivity contribution in [1.29, 1.82) is 0 Å². The molecule has 0 amide bonds. The highest BCUT2D eigenvalue weighted by Gasteiger charge is 2.03. The highest BCUT2D eigenvalue weighted by molar-refractivity contribution is 7.09. The molecular weight excluding hydrogens is 358 g/mol. The van der Waals surface area contributed by atoms with Crippen LogP contribution in [-0.2, 0) is 25.9 Å². The molecule has 0 spiro atoms. The molecule has 7 nitrogen and oxygen atoms in total. The zero-order chi connectivity index (χ0) is 18.7. The molecule has 2 N–H and O–H groups in total. The lowest BCUT2D eigenvalue weighted by molar-refractivity contribution is 0.631. The Morgan fingerprint density at radius 3 is 2.89 bits per heavy atom. The Balaban J connectivity index is 1.54. The number of hydrogen-bond donors (Lipinski definition) is 2. The van der Waals surface area contributed by atoms with Crippen LogP contribution in [0.4, 0.5) is 0 Å². The van der Waals surface area contributed by atoms with Crippen molar-refractivity contribution in [3.8, 4) is 0 Å². The molecule has 0 radical (unpaired) electrons. The third-order valence-corrected chi connectivity index (χ3v) is 4.96. The fourth-order valence-electron chi connectivity index (χ4n) is 2.62. The summed E-state index contributed by atoms with van der Waals surface area (Å²) < 4.78 is 2.06. The second-order valence-electron chi connectivity index (χ2n) is 5.96. The van der Waals surface area contributed by atoms with Gasteiger partial charge in [-0.25, -0.2) is 4.99 Å². The minimum absolute atomic E-state index is 0.544. The molecule has 0 aliphatic carbocycles. The van der Waals surface area contributed by atoms with E-state index in [1.165, 1.54) is 4.88 Å². The lowest BCUT2D eigenvalue weighted by Gasteiger charge is -2.13. The van der Waals surface area contributed by atoms with Crippen LogP contribution >= 0.6 is 11.3 Å². The molecular formula is C19H25N7S. The Morgan fingerprint density at radius 1 is 1.19 bits per heavy atom. The maximum absolute atomic E-state index is 4.67. The number of nitrogens with zero attached hydrogens (tertiary/aromatic N) is 5. The van der Waals surface area contributed by atoms with Gasteiger partial charge >= 0.3 is 0 Å². The van der Waals surface area contributed by atoms with Crippen LogP contribution in [0.5, 0.6) is 0 Å². The van der Waals surface area contributed by atoms with E-state index in [-0.39, 0.29) is 0 Å². The number of hydrogen-bond acceptors (Lipinski definition) is 5. The fraction of sp³-hybridized carbons (Fsp3) is 0.368. The van der Waals surface area contributed by atoms with Gasteiger partial charge in [0.15, 0.2) is 5.96 Å². The Bertz CT molecular complexity index is 812. The predicted octanol–water partition coefficient (Wildman–Crippen LogP) is 2.28. The van der Waals surface area contributed by atoms with Gasteiger partial charge in [-0.1, -0.05) is 19.1 Å². The maximum atomic E-state index is 4.67. The van der Waals surface area contributed by atoms with Gasteiger partial charge in [-0.2, -0.15) is 0 Å². The Hall–Kier alpha value is -2.74. The summed E-state index contributed by atoms with van der Waals surface area (Å²) in [4.78, 5) is 10.4. The lowest BCUT2D eigenvalue weighted by atomic mass is 10.3. The van der Waals surface area contributed by atoms with Crippen LogP contribution in [0.3, 0.4) is 0 Å². The van der Waals surface area contributed by atoms with Gasteiger partial charge in [-0.15, -0.1) is 21.5 Å². The van der Waals surface area contributed by atoms with Gasteiger partial charge in [-0.05, 0) is 30.0 Å². The molecule has 0 aliphatic heterocycles. The van der Waals surface area contributed by atoms with Crippen molar-refractivity contribution in [2.24, 2.45) is 4.99 Å². The largest absolute Gasteiger partial charge is 0.356 e. The number of guanidine groups is 1. The van der Waals surface area contributed by atoms with Crippen LogP contribution in [0.1, 0.15) is 23.3 Å². The van der Waals surface area contributed by atoms with Crippen molar-refractivity contribution >= 4 is 17.3 Å². The minimum atomic E-state index is 0.544. The standard InChI is InChI=1S/C19H25N7S/c1-2-18-25-24-15-26(18)12-11-22-19(21-10-8-17-7-5-13-27-17)23-14-16-6-3-4-9-20-16/h3-7,9,13,15H,2,8,10-12,14H2,1H3,(H2,21,22,23). The van der Waals surface area contributed by atoms with Gasteiger partial charge in [0.2, 0.25) is 0 Å². The minimum Gasteiger partial charge on any atom is -0.356 e. The molecule has 0 bridgehead atoms. The Labute approximate surface area is 163 Å². The monoisotopic (exact) mass is 383 g/mol. The number of rotatable bonds is 9. The van der Waals surface area contributed by atoms with E-state index < -0.39 is 0 Å². The molecule has 0 atom stereocenters. The van der Waals surface area contributed by atoms with Gasteiger partial charge in [0.25, 0.3) is 0 Å². The SMILES string of the molecule is CCc1nncn1CCNC(=NCc1ccccn1)NCCc1cccs1. The van der Waals surface area contributed by atoms with Gasteiger partial charge < -0.3 is 15.2 Å². The molecule has 8 heteroatoms. The molecule has 3 heterocycles. The summed E-state index contributed by atoms with van der Waals surface area (Å²) in [7, 11) is 0. The lowest BCUT2D eigenvalue weighted by Crippen LogP contribution is -2.40. The third kappa shape index (κ3) is 6.18. The smallest absolute Gasteiger partial charge is 0.191 e. The molecule has 0 aliphatic rings. The number of aliphatic imine (C=N–C) groups is 1. The number of aromatic nitrogens is 4. The molecule has 3 aromatic heterocycles. The summed E-state index contributed by atoms with van der Waals surface area (Å²) in [5.41, 5.74) is 0.948. The highest BCUT2D eigenvalue weighted by Crippen LogP contribution is 2.08. The van der Waals surface area contributed by atoms with Crippen molar-refractivity contribution in [1.82, 2.24) is 30.4 Å². The third-order valence-electron chi connectivity index (χ3n) is 4.03. The van der Waals surface area contributed by atoms with Crippen molar-refractivity contribution < 1.29 is 0 Å². The molecule has 0 saturated carbocycles. The van der Waals surface area contributed by atoms with Gasteiger partial charge in [0.05, 0.1) is 12.2 Å². The predicted molar refractivity (Wildman–Crippen MR) is 109 cm³/mol.